The van der Waals surface area contributed by atoms with E-state index in [2.05, 4.69) is 16.4 Å². The Bertz CT molecular complexity index is 845. The van der Waals surface area contributed by atoms with Crippen LogP contribution in [0.2, 0.25) is 5.02 Å². The van der Waals surface area contributed by atoms with E-state index in [9.17, 15) is 0 Å². The summed E-state index contributed by atoms with van der Waals surface area (Å²) in [6, 6.07) is 13.4. The van der Waals surface area contributed by atoms with Gasteiger partial charge in [0, 0.05) is 11.9 Å². The van der Waals surface area contributed by atoms with Gasteiger partial charge in [-0.05, 0) is 31.2 Å². The third-order valence-electron chi connectivity index (χ3n) is 3.33. The molecule has 0 atom stereocenters. The Labute approximate surface area is 127 Å². The number of nitrogens with one attached hydrogen (secondary N) is 1. The zero-order chi connectivity index (χ0) is 14.8. The van der Waals surface area contributed by atoms with Gasteiger partial charge in [0.2, 0.25) is 0 Å². The van der Waals surface area contributed by atoms with E-state index in [4.69, 9.17) is 16.9 Å². The Morgan fingerprint density at radius 3 is 2.86 bits per heavy atom. The van der Waals surface area contributed by atoms with E-state index >= 15 is 0 Å². The molecule has 2 aromatic heterocycles. The van der Waals surface area contributed by atoms with Crippen LogP contribution in [0.4, 0.5) is 5.69 Å². The standard InChI is InChI=1S/C16H13ClN4/c1-11-4-2-7-15-20-13(10-21(11)15)9-19-16-12(8-18)5-3-6-14(16)17/h2-7,10,19H,9H2,1H3. The zero-order valence-electron chi connectivity index (χ0n) is 11.5. The monoisotopic (exact) mass is 296 g/mol. The normalized spacial score (nSPS) is 10.5. The first-order valence-electron chi connectivity index (χ1n) is 6.55. The zero-order valence-corrected chi connectivity index (χ0v) is 12.2. The van der Waals surface area contributed by atoms with Crippen molar-refractivity contribution in [1.29, 1.82) is 5.26 Å². The van der Waals surface area contributed by atoms with Crippen LogP contribution in [-0.4, -0.2) is 9.38 Å². The van der Waals surface area contributed by atoms with E-state index in [1.807, 2.05) is 35.7 Å². The fourth-order valence-electron chi connectivity index (χ4n) is 2.26. The van der Waals surface area contributed by atoms with Gasteiger partial charge in [-0.15, -0.1) is 0 Å². The molecule has 0 aliphatic rings. The number of rotatable bonds is 3. The lowest BCUT2D eigenvalue weighted by molar-refractivity contribution is 1.06. The second kappa shape index (κ2) is 5.47. The van der Waals surface area contributed by atoms with Crippen LogP contribution in [0.3, 0.4) is 0 Å². The second-order valence-corrected chi connectivity index (χ2v) is 5.16. The number of hydrogen-bond donors (Lipinski definition) is 1. The number of para-hydroxylation sites is 1. The van der Waals surface area contributed by atoms with Crippen LogP contribution in [0, 0.1) is 18.3 Å². The van der Waals surface area contributed by atoms with Crippen LogP contribution in [0.15, 0.2) is 42.6 Å². The average Bonchev–Trinajstić information content (AvgIpc) is 2.90. The molecule has 1 aromatic carbocycles. The van der Waals surface area contributed by atoms with Crippen molar-refractivity contribution < 1.29 is 0 Å². The molecule has 3 rings (SSSR count). The van der Waals surface area contributed by atoms with E-state index in [0.29, 0.717) is 22.8 Å². The Balaban J connectivity index is 1.88. The van der Waals surface area contributed by atoms with E-state index in [1.165, 1.54) is 0 Å². The number of aromatic nitrogens is 2. The summed E-state index contributed by atoms with van der Waals surface area (Å²) in [5, 5.41) is 12.9. The van der Waals surface area contributed by atoms with Crippen LogP contribution in [-0.2, 0) is 6.54 Å². The highest BCUT2D eigenvalue weighted by molar-refractivity contribution is 6.33. The summed E-state index contributed by atoms with van der Waals surface area (Å²) in [5.74, 6) is 0. The van der Waals surface area contributed by atoms with Gasteiger partial charge in [-0.25, -0.2) is 4.98 Å². The summed E-state index contributed by atoms with van der Waals surface area (Å²) in [6.45, 7) is 2.55. The van der Waals surface area contributed by atoms with Crippen molar-refractivity contribution in [3.8, 4) is 6.07 Å². The van der Waals surface area contributed by atoms with Crippen LogP contribution in [0.1, 0.15) is 17.0 Å². The molecule has 0 amide bonds. The van der Waals surface area contributed by atoms with E-state index in [0.717, 1.165) is 17.0 Å². The predicted octanol–water partition coefficient (Wildman–Crippen LogP) is 3.78. The maximum atomic E-state index is 9.12. The van der Waals surface area contributed by atoms with Crippen molar-refractivity contribution in [2.24, 2.45) is 0 Å². The highest BCUT2D eigenvalue weighted by Gasteiger charge is 2.08. The van der Waals surface area contributed by atoms with E-state index < -0.39 is 0 Å². The first-order chi connectivity index (χ1) is 10.2. The quantitative estimate of drug-likeness (QED) is 0.800. The van der Waals surface area contributed by atoms with Crippen molar-refractivity contribution in [2.75, 3.05) is 5.32 Å². The summed E-state index contributed by atoms with van der Waals surface area (Å²) in [4.78, 5) is 4.55. The van der Waals surface area contributed by atoms with Crippen molar-refractivity contribution in [2.45, 2.75) is 13.5 Å². The molecule has 0 aliphatic heterocycles. The fourth-order valence-corrected chi connectivity index (χ4v) is 2.50. The minimum absolute atomic E-state index is 0.513. The number of nitrogens with zero attached hydrogens (tertiary/aromatic N) is 3. The number of nitriles is 1. The number of benzene rings is 1. The molecule has 4 nitrogen and oxygen atoms in total. The van der Waals surface area contributed by atoms with Gasteiger partial charge in [-0.3, -0.25) is 0 Å². The topological polar surface area (TPSA) is 53.1 Å². The Morgan fingerprint density at radius 1 is 1.29 bits per heavy atom. The summed E-state index contributed by atoms with van der Waals surface area (Å²) >= 11 is 6.14. The van der Waals surface area contributed by atoms with Crippen LogP contribution >= 0.6 is 11.6 Å². The highest BCUT2D eigenvalue weighted by Crippen LogP contribution is 2.25. The molecule has 21 heavy (non-hydrogen) atoms. The molecule has 0 radical (unpaired) electrons. The van der Waals surface area contributed by atoms with Gasteiger partial charge in [0.15, 0.2) is 0 Å². The SMILES string of the molecule is Cc1cccc2nc(CNc3c(Cl)cccc3C#N)cn12. The van der Waals surface area contributed by atoms with Gasteiger partial charge in [-0.2, -0.15) is 5.26 Å². The van der Waals surface area contributed by atoms with Crippen molar-refractivity contribution in [3.63, 3.8) is 0 Å². The summed E-state index contributed by atoms with van der Waals surface area (Å²) < 4.78 is 2.04. The van der Waals surface area contributed by atoms with Gasteiger partial charge in [-0.1, -0.05) is 23.7 Å². The lowest BCUT2D eigenvalue weighted by atomic mass is 10.2. The molecular formula is C16H13ClN4. The minimum Gasteiger partial charge on any atom is -0.377 e. The number of imidazole rings is 1. The Hall–Kier alpha value is -2.51. The minimum atomic E-state index is 0.513. The van der Waals surface area contributed by atoms with Crippen molar-refractivity contribution >= 4 is 22.9 Å². The molecule has 0 fully saturated rings. The van der Waals surface area contributed by atoms with Gasteiger partial charge < -0.3 is 9.72 Å². The molecule has 3 aromatic rings. The first-order valence-corrected chi connectivity index (χ1v) is 6.93. The molecule has 0 bridgehead atoms. The molecule has 5 heteroatoms. The predicted molar refractivity (Wildman–Crippen MR) is 83.4 cm³/mol. The lowest BCUT2D eigenvalue weighted by Crippen LogP contribution is -2.02. The third-order valence-corrected chi connectivity index (χ3v) is 3.64. The lowest BCUT2D eigenvalue weighted by Gasteiger charge is -2.08. The first kappa shape index (κ1) is 13.5. The number of pyridine rings is 1. The van der Waals surface area contributed by atoms with Gasteiger partial charge in [0.05, 0.1) is 28.5 Å². The van der Waals surface area contributed by atoms with Crippen LogP contribution in [0.5, 0.6) is 0 Å². The summed E-state index contributed by atoms with van der Waals surface area (Å²) in [7, 11) is 0. The molecule has 1 N–H and O–H groups in total. The Morgan fingerprint density at radius 2 is 2.10 bits per heavy atom. The largest absolute Gasteiger partial charge is 0.377 e. The number of fused-ring (bicyclic) bond motifs is 1. The van der Waals surface area contributed by atoms with Gasteiger partial charge >= 0.3 is 0 Å². The van der Waals surface area contributed by atoms with E-state index in [1.54, 1.807) is 18.2 Å². The molecule has 0 spiro atoms. The van der Waals surface area contributed by atoms with E-state index in [-0.39, 0.29) is 0 Å². The highest BCUT2D eigenvalue weighted by atomic mass is 35.5. The Kier molecular flexibility index (Phi) is 3.51. The number of hydrogen-bond acceptors (Lipinski definition) is 3. The van der Waals surface area contributed by atoms with Crippen molar-refractivity contribution in [1.82, 2.24) is 9.38 Å². The van der Waals surface area contributed by atoms with Gasteiger partial charge in [0.1, 0.15) is 11.7 Å². The average molecular weight is 297 g/mol. The smallest absolute Gasteiger partial charge is 0.137 e. The maximum absolute atomic E-state index is 9.12. The molecule has 0 saturated heterocycles. The van der Waals surface area contributed by atoms with Crippen molar-refractivity contribution in [3.05, 3.63) is 64.6 Å². The third kappa shape index (κ3) is 2.56. The molecule has 0 saturated carbocycles. The summed E-state index contributed by atoms with van der Waals surface area (Å²) in [5.41, 5.74) is 4.11. The molecule has 0 aliphatic carbocycles. The van der Waals surface area contributed by atoms with Crippen LogP contribution in [0.25, 0.3) is 5.65 Å². The van der Waals surface area contributed by atoms with Crippen LogP contribution < -0.4 is 5.32 Å². The number of halogens is 1. The molecule has 0 unspecified atom stereocenters. The fraction of sp³-hybridized carbons (Fsp3) is 0.125. The summed E-state index contributed by atoms with van der Waals surface area (Å²) in [6.07, 6.45) is 1.99. The molecular weight excluding hydrogens is 284 g/mol. The number of anilines is 1. The number of aryl methyl sites for hydroxylation is 1. The second-order valence-electron chi connectivity index (χ2n) is 4.76. The molecule has 104 valence electrons. The maximum Gasteiger partial charge on any atom is 0.137 e. The van der Waals surface area contributed by atoms with Gasteiger partial charge in [0.25, 0.3) is 0 Å². The molecule has 2 heterocycles.